The van der Waals surface area contributed by atoms with E-state index in [1.807, 2.05) is 85.8 Å². The van der Waals surface area contributed by atoms with Gasteiger partial charge in [-0.3, -0.25) is 4.79 Å². The van der Waals surface area contributed by atoms with Gasteiger partial charge in [-0.15, -0.1) is 0 Å². The Morgan fingerprint density at radius 1 is 0.925 bits per heavy atom. The molecular weight excluding hydrogens is 540 g/mol. The van der Waals surface area contributed by atoms with E-state index >= 15 is 0 Å². The molecule has 3 aromatic carbocycles. The van der Waals surface area contributed by atoms with E-state index in [1.165, 1.54) is 6.33 Å². The lowest BCUT2D eigenvalue weighted by molar-refractivity contribution is 0.0940. The maximum atomic E-state index is 13.3. The van der Waals surface area contributed by atoms with Gasteiger partial charge in [-0.1, -0.05) is 49.3 Å². The molecule has 7 nitrogen and oxygen atoms in total. The zero-order valence-corrected chi connectivity index (χ0v) is 23.9. The molecule has 0 saturated heterocycles. The molecule has 9 heteroatoms. The molecule has 2 aromatic heterocycles. The summed E-state index contributed by atoms with van der Waals surface area (Å²) in [5.74, 6) is 0.702. The number of nitrogen functional groups attached to an aromatic ring is 1. The lowest BCUT2D eigenvalue weighted by atomic mass is 10.1. The van der Waals surface area contributed by atoms with Gasteiger partial charge in [-0.05, 0) is 85.1 Å². The number of hydrogen-bond acceptors (Lipinski definition) is 7. The van der Waals surface area contributed by atoms with Crippen LogP contribution in [0, 0.1) is 0 Å². The van der Waals surface area contributed by atoms with Crippen molar-refractivity contribution in [1.82, 2.24) is 20.3 Å². The van der Waals surface area contributed by atoms with Crippen LogP contribution in [0.25, 0.3) is 11.0 Å². The van der Waals surface area contributed by atoms with E-state index in [0.717, 1.165) is 32.1 Å². The van der Waals surface area contributed by atoms with Crippen molar-refractivity contribution in [3.63, 3.8) is 0 Å². The van der Waals surface area contributed by atoms with Gasteiger partial charge in [-0.2, -0.15) is 0 Å². The number of pyridine rings is 1. The number of nitrogens with two attached hydrogens (primary N) is 1. The Labute approximate surface area is 242 Å². The van der Waals surface area contributed by atoms with Gasteiger partial charge >= 0.3 is 0 Å². The minimum atomic E-state index is -0.197. The van der Waals surface area contributed by atoms with Gasteiger partial charge in [0.05, 0.1) is 17.1 Å². The van der Waals surface area contributed by atoms with Gasteiger partial charge in [-0.25, -0.2) is 15.0 Å². The second kappa shape index (κ2) is 11.9. The second-order valence-corrected chi connectivity index (χ2v) is 11.3. The number of anilines is 3. The number of benzene rings is 3. The number of nitrogens with zero attached hydrogens (tertiary/aromatic N) is 3. The van der Waals surface area contributed by atoms with E-state index < -0.39 is 0 Å². The summed E-state index contributed by atoms with van der Waals surface area (Å²) in [5.41, 5.74) is 10.4. The molecule has 5 aromatic rings. The van der Waals surface area contributed by atoms with E-state index in [1.54, 1.807) is 11.8 Å². The summed E-state index contributed by atoms with van der Waals surface area (Å²) in [6.45, 7) is 6.14. The number of halogens is 1. The van der Waals surface area contributed by atoms with E-state index in [-0.39, 0.29) is 17.9 Å². The minimum absolute atomic E-state index is 0.190. The van der Waals surface area contributed by atoms with Crippen LogP contribution in [0.5, 0.6) is 0 Å². The molecule has 0 radical (unpaired) electrons. The zero-order valence-electron chi connectivity index (χ0n) is 22.4. The molecule has 0 saturated carbocycles. The molecule has 1 amide bonds. The fraction of sp³-hybridized carbons (Fsp3) is 0.161. The fourth-order valence-electron chi connectivity index (χ4n) is 4.14. The number of nitrogens with one attached hydrogen (secondary N) is 2. The molecule has 2 heterocycles. The Hall–Kier alpha value is -4.14. The summed E-state index contributed by atoms with van der Waals surface area (Å²) in [6.07, 6.45) is 1.50. The monoisotopic (exact) mass is 568 g/mol. The molecule has 0 unspecified atom stereocenters. The highest BCUT2D eigenvalue weighted by Gasteiger charge is 2.16. The van der Waals surface area contributed by atoms with Crippen LogP contribution in [-0.4, -0.2) is 20.9 Å². The molecule has 40 heavy (non-hydrogen) atoms. The molecule has 0 aliphatic heterocycles. The maximum absolute atomic E-state index is 13.3. The van der Waals surface area contributed by atoms with Crippen molar-refractivity contribution in [1.29, 1.82) is 0 Å². The summed E-state index contributed by atoms with van der Waals surface area (Å²) in [4.78, 5) is 28.8. The third-order valence-corrected chi connectivity index (χ3v) is 7.77. The smallest absolute Gasteiger partial charge is 0.251 e. The first-order valence-corrected chi connectivity index (χ1v) is 14.1. The van der Waals surface area contributed by atoms with Crippen LogP contribution in [0.4, 0.5) is 17.2 Å². The van der Waals surface area contributed by atoms with Crippen LogP contribution in [0.3, 0.4) is 0 Å². The number of carbonyl (C=O) groups excluding carboxylic acids is 1. The highest BCUT2D eigenvalue weighted by atomic mass is 35.5. The Kier molecular flexibility index (Phi) is 8.19. The average molecular weight is 569 g/mol. The van der Waals surface area contributed by atoms with Crippen molar-refractivity contribution >= 4 is 57.5 Å². The first-order valence-electron chi connectivity index (χ1n) is 12.9. The lowest BCUT2D eigenvalue weighted by Gasteiger charge is -2.17. The molecule has 0 aliphatic rings. The normalized spacial score (nSPS) is 11.9. The standard InChI is InChI=1S/C31H29ClN6OS/c1-18(2)26-14-13-25-29(37-26)34-17-35-30(25)38-27-16-21(6-15-28(27)40-24-11-9-23(33)10-12-24)31(39)36-19(3)20-4-7-22(32)8-5-20/h4-19H,33H2,1-3H3,(H,36,39)(H,34,35,37,38)/t19-/m0/s1. The van der Waals surface area contributed by atoms with Gasteiger partial charge in [0.15, 0.2) is 5.65 Å². The first kappa shape index (κ1) is 27.4. The topological polar surface area (TPSA) is 106 Å². The number of amides is 1. The molecule has 1 atom stereocenters. The van der Waals surface area contributed by atoms with Crippen molar-refractivity contribution in [3.05, 3.63) is 107 Å². The summed E-state index contributed by atoms with van der Waals surface area (Å²) in [6, 6.07) is 24.5. The Morgan fingerprint density at radius 3 is 2.40 bits per heavy atom. The van der Waals surface area contributed by atoms with Gasteiger partial charge in [0, 0.05) is 31.8 Å². The minimum Gasteiger partial charge on any atom is -0.399 e. The second-order valence-electron chi connectivity index (χ2n) is 9.74. The van der Waals surface area contributed by atoms with Gasteiger partial charge < -0.3 is 16.4 Å². The maximum Gasteiger partial charge on any atom is 0.251 e. The first-order chi connectivity index (χ1) is 19.3. The van der Waals surface area contributed by atoms with Crippen molar-refractivity contribution in [2.75, 3.05) is 11.1 Å². The van der Waals surface area contributed by atoms with Crippen LogP contribution in [0.2, 0.25) is 5.02 Å². The molecule has 0 fully saturated rings. The summed E-state index contributed by atoms with van der Waals surface area (Å²) in [7, 11) is 0. The van der Waals surface area contributed by atoms with Crippen molar-refractivity contribution in [2.45, 2.75) is 42.5 Å². The van der Waals surface area contributed by atoms with Crippen LogP contribution in [0.15, 0.2) is 95.0 Å². The van der Waals surface area contributed by atoms with E-state index in [2.05, 4.69) is 34.4 Å². The Balaban J connectivity index is 1.48. The van der Waals surface area contributed by atoms with Crippen LogP contribution < -0.4 is 16.4 Å². The van der Waals surface area contributed by atoms with Crippen LogP contribution in [-0.2, 0) is 0 Å². The average Bonchev–Trinajstić information content (AvgIpc) is 2.95. The van der Waals surface area contributed by atoms with E-state index in [0.29, 0.717) is 27.7 Å². The Morgan fingerprint density at radius 2 is 1.68 bits per heavy atom. The van der Waals surface area contributed by atoms with Gasteiger partial charge in [0.1, 0.15) is 12.1 Å². The predicted octanol–water partition coefficient (Wildman–Crippen LogP) is 7.77. The number of rotatable bonds is 8. The van der Waals surface area contributed by atoms with Gasteiger partial charge in [0.2, 0.25) is 0 Å². The number of carbonyl (C=O) groups is 1. The zero-order chi connectivity index (χ0) is 28.2. The quantitative estimate of drug-likeness (QED) is 0.164. The molecular formula is C31H29ClN6OS. The van der Waals surface area contributed by atoms with Crippen LogP contribution >= 0.6 is 23.4 Å². The third-order valence-electron chi connectivity index (χ3n) is 6.43. The summed E-state index contributed by atoms with van der Waals surface area (Å²) in [5, 5.41) is 7.98. The molecule has 202 valence electrons. The highest BCUT2D eigenvalue weighted by Crippen LogP contribution is 2.37. The SMILES string of the molecule is CC(C)c1ccc2c(Nc3cc(C(=O)N[C@@H](C)c4ccc(Cl)cc4)ccc3Sc3ccc(N)cc3)ncnc2n1. The Bertz CT molecular complexity index is 1660. The number of fused-ring (bicyclic) bond motifs is 1. The molecule has 0 bridgehead atoms. The highest BCUT2D eigenvalue weighted by molar-refractivity contribution is 7.99. The van der Waals surface area contributed by atoms with Crippen molar-refractivity contribution in [3.8, 4) is 0 Å². The fourth-order valence-corrected chi connectivity index (χ4v) is 5.15. The lowest BCUT2D eigenvalue weighted by Crippen LogP contribution is -2.26. The van der Waals surface area contributed by atoms with Gasteiger partial charge in [0.25, 0.3) is 5.91 Å². The van der Waals surface area contributed by atoms with E-state index in [9.17, 15) is 4.79 Å². The van der Waals surface area contributed by atoms with E-state index in [4.69, 9.17) is 22.3 Å². The molecule has 4 N–H and O–H groups in total. The summed E-state index contributed by atoms with van der Waals surface area (Å²) < 4.78 is 0. The molecule has 5 rings (SSSR count). The third kappa shape index (κ3) is 6.35. The largest absolute Gasteiger partial charge is 0.399 e. The number of aromatic nitrogens is 3. The number of hydrogen-bond donors (Lipinski definition) is 3. The van der Waals surface area contributed by atoms with Crippen LogP contribution in [0.1, 0.15) is 54.3 Å². The summed E-state index contributed by atoms with van der Waals surface area (Å²) >= 11 is 7.59. The van der Waals surface area contributed by atoms with Crippen molar-refractivity contribution in [2.24, 2.45) is 0 Å². The molecule has 0 spiro atoms. The predicted molar refractivity (Wildman–Crippen MR) is 163 cm³/mol. The molecule has 0 aliphatic carbocycles. The van der Waals surface area contributed by atoms with Crippen molar-refractivity contribution < 1.29 is 4.79 Å².